The van der Waals surface area contributed by atoms with Crippen LogP contribution in [0.25, 0.3) is 0 Å². The van der Waals surface area contributed by atoms with Crippen LogP contribution in [0.1, 0.15) is 58.4 Å². The van der Waals surface area contributed by atoms with Crippen LogP contribution < -0.4 is 5.32 Å². The summed E-state index contributed by atoms with van der Waals surface area (Å²) in [7, 11) is 1.51. The highest BCUT2D eigenvalue weighted by atomic mass is 16.3. The number of unbranched alkanes of at least 4 members (excludes halogenated alkanes) is 2. The van der Waals surface area contributed by atoms with Gasteiger partial charge in [0.15, 0.2) is 6.29 Å². The van der Waals surface area contributed by atoms with Crippen molar-refractivity contribution in [2.45, 2.75) is 44.6 Å². The van der Waals surface area contributed by atoms with E-state index in [9.17, 15) is 19.2 Å². The molecule has 3 amide bonds. The van der Waals surface area contributed by atoms with Gasteiger partial charge >= 0.3 is 0 Å². The smallest absolute Gasteiger partial charge is 0.255 e. The first kappa shape index (κ1) is 19.8. The van der Waals surface area contributed by atoms with Gasteiger partial charge in [0.1, 0.15) is 6.04 Å². The number of hydrogen-bond acceptors (Lipinski definition) is 5. The average Bonchev–Trinajstić information content (AvgIpc) is 2.64. The van der Waals surface area contributed by atoms with Crippen LogP contribution in [-0.2, 0) is 16.0 Å². The lowest BCUT2D eigenvalue weighted by Crippen LogP contribution is -2.53. The Labute approximate surface area is 152 Å². The Kier molecular flexibility index (Phi) is 7.03. The van der Waals surface area contributed by atoms with Crippen molar-refractivity contribution in [2.24, 2.45) is 0 Å². The Morgan fingerprint density at radius 2 is 2.08 bits per heavy atom. The van der Waals surface area contributed by atoms with E-state index in [1.165, 1.54) is 11.9 Å². The van der Waals surface area contributed by atoms with Crippen LogP contribution >= 0.6 is 0 Å². The summed E-state index contributed by atoms with van der Waals surface area (Å²) < 4.78 is 0. The molecule has 0 radical (unpaired) electrons. The normalized spacial score (nSPS) is 16.9. The molecule has 7 heteroatoms. The number of rotatable bonds is 8. The first-order valence-corrected chi connectivity index (χ1v) is 8.78. The maximum absolute atomic E-state index is 13.0. The number of aryl methyl sites for hydroxylation is 1. The van der Waals surface area contributed by atoms with Crippen molar-refractivity contribution >= 4 is 24.0 Å². The van der Waals surface area contributed by atoms with Crippen LogP contribution in [0.3, 0.4) is 0 Å². The molecule has 1 heterocycles. The maximum Gasteiger partial charge on any atom is 0.255 e. The number of carbonyl (C=O) groups excluding carboxylic acids is 4. The Morgan fingerprint density at radius 3 is 2.73 bits per heavy atom. The third-order valence-corrected chi connectivity index (χ3v) is 4.63. The fraction of sp³-hybridized carbons (Fsp3) is 0.474. The lowest BCUT2D eigenvalue weighted by Gasteiger charge is -2.30. The van der Waals surface area contributed by atoms with Crippen molar-refractivity contribution < 1.29 is 24.3 Å². The molecule has 0 bridgehead atoms. The number of aliphatic hydroxyl groups excluding tert-OH is 1. The number of carbonyl (C=O) groups is 4. The molecule has 0 spiro atoms. The van der Waals surface area contributed by atoms with Crippen molar-refractivity contribution in [1.82, 2.24) is 10.2 Å². The van der Waals surface area contributed by atoms with Crippen LogP contribution in [0.15, 0.2) is 18.2 Å². The van der Waals surface area contributed by atoms with Gasteiger partial charge in [0.25, 0.3) is 5.91 Å². The van der Waals surface area contributed by atoms with Gasteiger partial charge in [0.2, 0.25) is 11.8 Å². The Bertz CT molecular complexity index is 701. The van der Waals surface area contributed by atoms with Crippen molar-refractivity contribution in [3.8, 4) is 0 Å². The number of nitrogens with zero attached hydrogens (tertiary/aromatic N) is 1. The Morgan fingerprint density at radius 1 is 1.31 bits per heavy atom. The monoisotopic (exact) mass is 360 g/mol. The minimum Gasteiger partial charge on any atom is -0.396 e. The van der Waals surface area contributed by atoms with Gasteiger partial charge in [-0.2, -0.15) is 0 Å². The first-order chi connectivity index (χ1) is 12.5. The number of likely N-dealkylation sites (N-methyl/N-ethyl adjacent to an activating group) is 1. The molecular weight excluding hydrogens is 336 g/mol. The SMILES string of the molecule is CN(C(=O)c1c(C=O)cccc1CCCCCO)C1CCC(=O)NC1=O. The zero-order chi connectivity index (χ0) is 19.1. The number of imide groups is 1. The van der Waals surface area contributed by atoms with Crippen LogP contribution in [0.2, 0.25) is 0 Å². The molecule has 1 aromatic carbocycles. The van der Waals surface area contributed by atoms with Crippen LogP contribution in [0.4, 0.5) is 0 Å². The minimum absolute atomic E-state index is 0.123. The van der Waals surface area contributed by atoms with E-state index in [-0.39, 0.29) is 30.9 Å². The summed E-state index contributed by atoms with van der Waals surface area (Å²) in [4.78, 5) is 49.1. The zero-order valence-corrected chi connectivity index (χ0v) is 14.9. The van der Waals surface area contributed by atoms with Crippen molar-refractivity contribution in [3.63, 3.8) is 0 Å². The Hall–Kier alpha value is -2.54. The van der Waals surface area contributed by atoms with E-state index < -0.39 is 17.9 Å². The second-order valence-electron chi connectivity index (χ2n) is 6.42. The number of benzene rings is 1. The lowest BCUT2D eigenvalue weighted by molar-refractivity contribution is -0.136. The molecule has 1 atom stereocenters. The van der Waals surface area contributed by atoms with E-state index in [4.69, 9.17) is 5.11 Å². The third-order valence-electron chi connectivity index (χ3n) is 4.63. The number of aldehydes is 1. The number of aliphatic hydroxyl groups is 1. The van der Waals surface area contributed by atoms with Crippen LogP contribution in [0.5, 0.6) is 0 Å². The molecule has 1 saturated heterocycles. The fourth-order valence-electron chi connectivity index (χ4n) is 3.16. The average molecular weight is 360 g/mol. The molecule has 0 saturated carbocycles. The molecule has 1 fully saturated rings. The zero-order valence-electron chi connectivity index (χ0n) is 14.9. The van der Waals surface area contributed by atoms with Gasteiger partial charge < -0.3 is 10.0 Å². The van der Waals surface area contributed by atoms with Crippen LogP contribution in [0, 0.1) is 0 Å². The number of amides is 3. The molecule has 2 N–H and O–H groups in total. The third kappa shape index (κ3) is 4.54. The van der Waals surface area contributed by atoms with E-state index in [2.05, 4.69) is 5.32 Å². The summed E-state index contributed by atoms with van der Waals surface area (Å²) in [5.74, 6) is -1.24. The minimum atomic E-state index is -0.734. The summed E-state index contributed by atoms with van der Waals surface area (Å²) in [6.07, 6.45) is 3.98. The van der Waals surface area contributed by atoms with E-state index in [0.29, 0.717) is 24.7 Å². The van der Waals surface area contributed by atoms with Gasteiger partial charge in [-0.25, -0.2) is 0 Å². The summed E-state index contributed by atoms with van der Waals surface area (Å²) in [5, 5.41) is 11.1. The van der Waals surface area contributed by atoms with Gasteiger partial charge in [-0.1, -0.05) is 24.6 Å². The van der Waals surface area contributed by atoms with Crippen LogP contribution in [-0.4, -0.2) is 53.7 Å². The second-order valence-corrected chi connectivity index (χ2v) is 6.42. The fourth-order valence-corrected chi connectivity index (χ4v) is 3.16. The van der Waals surface area contributed by atoms with Crippen molar-refractivity contribution in [3.05, 3.63) is 34.9 Å². The van der Waals surface area contributed by atoms with Gasteiger partial charge in [-0.05, 0) is 31.2 Å². The highest BCUT2D eigenvalue weighted by Crippen LogP contribution is 2.21. The predicted molar refractivity (Wildman–Crippen MR) is 94.7 cm³/mol. The molecule has 1 aliphatic rings. The van der Waals surface area contributed by atoms with Gasteiger partial charge in [0.05, 0.1) is 5.56 Å². The van der Waals surface area contributed by atoms with Gasteiger partial charge in [0, 0.05) is 25.6 Å². The first-order valence-electron chi connectivity index (χ1n) is 8.78. The van der Waals surface area contributed by atoms with E-state index >= 15 is 0 Å². The Balaban J connectivity index is 2.24. The molecule has 140 valence electrons. The van der Waals surface area contributed by atoms with Crippen molar-refractivity contribution in [2.75, 3.05) is 13.7 Å². The topological polar surface area (TPSA) is 104 Å². The van der Waals surface area contributed by atoms with Gasteiger partial charge in [-0.15, -0.1) is 0 Å². The van der Waals surface area contributed by atoms with E-state index in [1.54, 1.807) is 18.2 Å². The summed E-state index contributed by atoms with van der Waals surface area (Å²) in [5.41, 5.74) is 1.34. The largest absolute Gasteiger partial charge is 0.396 e. The molecule has 1 unspecified atom stereocenters. The highest BCUT2D eigenvalue weighted by molar-refractivity contribution is 6.06. The molecule has 1 aromatic rings. The molecule has 0 aliphatic carbocycles. The number of piperidine rings is 1. The standard InChI is InChI=1S/C19H24N2O5/c1-21(15-9-10-16(24)20-18(15)25)19(26)17-13(6-3-2-4-11-22)7-5-8-14(17)12-23/h5,7-8,12,15,22H,2-4,6,9-11H2,1H3,(H,20,24,25). The van der Waals surface area contributed by atoms with E-state index in [1.807, 2.05) is 0 Å². The summed E-state index contributed by atoms with van der Waals surface area (Å²) >= 11 is 0. The summed E-state index contributed by atoms with van der Waals surface area (Å²) in [6.45, 7) is 0.123. The van der Waals surface area contributed by atoms with Crippen molar-refractivity contribution in [1.29, 1.82) is 0 Å². The lowest BCUT2D eigenvalue weighted by atomic mass is 9.95. The summed E-state index contributed by atoms with van der Waals surface area (Å²) in [6, 6.07) is 4.38. The predicted octanol–water partition coefficient (Wildman–Crippen LogP) is 1.08. The second kappa shape index (κ2) is 9.24. The molecule has 26 heavy (non-hydrogen) atoms. The highest BCUT2D eigenvalue weighted by Gasteiger charge is 2.33. The van der Waals surface area contributed by atoms with Gasteiger partial charge in [-0.3, -0.25) is 24.5 Å². The molecule has 7 nitrogen and oxygen atoms in total. The quantitative estimate of drug-likeness (QED) is 0.410. The molecular formula is C19H24N2O5. The maximum atomic E-state index is 13.0. The molecule has 2 rings (SSSR count). The van der Waals surface area contributed by atoms with E-state index in [0.717, 1.165) is 18.4 Å². The number of nitrogens with one attached hydrogen (secondary N) is 1. The number of hydrogen-bond donors (Lipinski definition) is 2. The molecule has 0 aromatic heterocycles. The molecule has 1 aliphatic heterocycles.